The molecule has 0 radical (unpaired) electrons. The fraction of sp³-hybridized carbons (Fsp3) is 0.577. The van der Waals surface area contributed by atoms with Crippen LogP contribution >= 0.6 is 0 Å². The number of halogens is 2. The number of hydrogen-bond donors (Lipinski definition) is 1. The topological polar surface area (TPSA) is 78.8 Å². The average molecular weight is 489 g/mol. The second-order valence-corrected chi connectivity index (χ2v) is 10.2. The minimum absolute atomic E-state index is 0.245. The highest BCUT2D eigenvalue weighted by atomic mass is 19.1. The number of carbonyl (C=O) groups is 1. The lowest BCUT2D eigenvalue weighted by molar-refractivity contribution is 0.0473. The second-order valence-electron chi connectivity index (χ2n) is 10.2. The summed E-state index contributed by atoms with van der Waals surface area (Å²) in [5, 5.41) is 9.80. The van der Waals surface area contributed by atoms with E-state index in [1.165, 1.54) is 24.5 Å². The molecule has 190 valence electrons. The number of rotatable bonds is 7. The molecular weight excluding hydrogens is 454 g/mol. The molecule has 2 fully saturated rings. The molecule has 2 aromatic rings. The van der Waals surface area contributed by atoms with E-state index in [0.29, 0.717) is 43.6 Å². The average Bonchev–Trinajstić information content (AvgIpc) is 2.82. The largest absolute Gasteiger partial charge is 0.476 e. The molecule has 1 unspecified atom stereocenters. The summed E-state index contributed by atoms with van der Waals surface area (Å²) in [6, 6.07) is 4.31. The van der Waals surface area contributed by atoms with Crippen molar-refractivity contribution in [1.29, 1.82) is 0 Å². The number of nitrogens with zero attached hydrogens (tertiary/aromatic N) is 4. The predicted octanol–water partition coefficient (Wildman–Crippen LogP) is 3.72. The maximum absolute atomic E-state index is 14.8. The van der Waals surface area contributed by atoms with Gasteiger partial charge in [0.1, 0.15) is 11.5 Å². The Kier molecular flexibility index (Phi) is 7.96. The van der Waals surface area contributed by atoms with Crippen LogP contribution in [0.4, 0.5) is 8.78 Å². The minimum Gasteiger partial charge on any atom is -0.476 e. The van der Waals surface area contributed by atoms with E-state index in [1.54, 1.807) is 24.8 Å². The molecule has 2 saturated heterocycles. The van der Waals surface area contributed by atoms with Crippen molar-refractivity contribution in [1.82, 2.24) is 19.8 Å². The Morgan fingerprint density at radius 3 is 2.57 bits per heavy atom. The van der Waals surface area contributed by atoms with Gasteiger partial charge in [-0.05, 0) is 76.7 Å². The van der Waals surface area contributed by atoms with Crippen molar-refractivity contribution in [3.05, 3.63) is 42.0 Å². The van der Waals surface area contributed by atoms with E-state index in [-0.39, 0.29) is 23.6 Å². The zero-order chi connectivity index (χ0) is 25.0. The Bertz CT molecular complexity index is 1000. The Morgan fingerprint density at radius 1 is 1.17 bits per heavy atom. The summed E-state index contributed by atoms with van der Waals surface area (Å²) < 4.78 is 34.5. The van der Waals surface area contributed by atoms with Crippen molar-refractivity contribution >= 4 is 5.91 Å². The first-order chi connectivity index (χ1) is 16.7. The van der Waals surface area contributed by atoms with Crippen LogP contribution in [0.25, 0.3) is 11.3 Å². The summed E-state index contributed by atoms with van der Waals surface area (Å²) in [5.41, 5.74) is -0.339. The summed E-state index contributed by atoms with van der Waals surface area (Å²) >= 11 is 0. The van der Waals surface area contributed by atoms with E-state index in [0.717, 1.165) is 32.4 Å². The van der Waals surface area contributed by atoms with Gasteiger partial charge in [-0.25, -0.2) is 18.7 Å². The van der Waals surface area contributed by atoms with Gasteiger partial charge in [-0.3, -0.25) is 4.79 Å². The summed E-state index contributed by atoms with van der Waals surface area (Å²) in [5.74, 6) is -0.0983. The van der Waals surface area contributed by atoms with Crippen LogP contribution in [0.3, 0.4) is 0 Å². The smallest absolute Gasteiger partial charge is 0.254 e. The number of aromatic nitrogens is 2. The number of carbonyl (C=O) groups excluding carboxylic acids is 1. The van der Waals surface area contributed by atoms with Gasteiger partial charge in [0.25, 0.3) is 5.91 Å². The van der Waals surface area contributed by atoms with Crippen molar-refractivity contribution in [3.8, 4) is 17.1 Å². The zero-order valence-electron chi connectivity index (χ0n) is 20.4. The number of aliphatic hydroxyl groups is 1. The van der Waals surface area contributed by atoms with Gasteiger partial charge in [0.05, 0.1) is 30.8 Å². The number of hydrogen-bond acceptors (Lipinski definition) is 6. The van der Waals surface area contributed by atoms with Crippen molar-refractivity contribution in [2.24, 2.45) is 5.92 Å². The Hall–Kier alpha value is -2.65. The van der Waals surface area contributed by atoms with E-state index in [4.69, 9.17) is 4.74 Å². The number of likely N-dealkylation sites (tertiary alicyclic amines) is 2. The second kappa shape index (κ2) is 11.0. The Balaban J connectivity index is 1.30. The van der Waals surface area contributed by atoms with Gasteiger partial charge in [-0.1, -0.05) is 0 Å². The first kappa shape index (κ1) is 25.4. The lowest BCUT2D eigenvalue weighted by Crippen LogP contribution is -2.42. The van der Waals surface area contributed by atoms with Crippen molar-refractivity contribution in [2.45, 2.75) is 51.3 Å². The standard InChI is InChI=1S/C26H34F2N4O3/c1-26(2,28)17-31-10-7-18(8-11-31)16-35-24-14-29-23(13-30-24)21-6-5-19(12-22(21)27)25(34)32-9-3-4-20(33)15-32/h5-6,12-14,18,20,33H,3-4,7-11,15-17H2,1-2H3. The molecule has 1 atom stereocenters. The summed E-state index contributed by atoms with van der Waals surface area (Å²) in [7, 11) is 0. The summed E-state index contributed by atoms with van der Waals surface area (Å²) in [4.78, 5) is 24.9. The SMILES string of the molecule is CC(C)(F)CN1CCC(COc2cnc(-c3ccc(C(=O)N4CCCC(O)C4)cc3F)cn2)CC1. The first-order valence-electron chi connectivity index (χ1n) is 12.3. The molecule has 1 aromatic heterocycles. The van der Waals surface area contributed by atoms with Gasteiger partial charge >= 0.3 is 0 Å². The molecule has 3 heterocycles. The maximum atomic E-state index is 14.8. The van der Waals surface area contributed by atoms with Crippen LogP contribution in [0.2, 0.25) is 0 Å². The van der Waals surface area contributed by atoms with Gasteiger partial charge in [0, 0.05) is 30.8 Å². The van der Waals surface area contributed by atoms with Gasteiger partial charge in [-0.15, -0.1) is 0 Å². The van der Waals surface area contributed by atoms with Crippen molar-refractivity contribution < 1.29 is 23.4 Å². The van der Waals surface area contributed by atoms with Gasteiger partial charge in [0.15, 0.2) is 0 Å². The zero-order valence-corrected chi connectivity index (χ0v) is 20.4. The molecule has 1 N–H and O–H groups in total. The molecule has 35 heavy (non-hydrogen) atoms. The molecule has 0 bridgehead atoms. The Labute approximate surface area is 205 Å². The van der Waals surface area contributed by atoms with Crippen LogP contribution in [0.15, 0.2) is 30.6 Å². The fourth-order valence-corrected chi connectivity index (χ4v) is 4.75. The van der Waals surface area contributed by atoms with Crippen LogP contribution in [0.5, 0.6) is 5.88 Å². The molecule has 0 saturated carbocycles. The molecular formula is C26H34F2N4O3. The molecule has 4 rings (SSSR count). The lowest BCUT2D eigenvalue weighted by Gasteiger charge is -2.34. The van der Waals surface area contributed by atoms with Gasteiger partial charge in [0.2, 0.25) is 5.88 Å². The molecule has 9 heteroatoms. The van der Waals surface area contributed by atoms with Gasteiger partial charge in [-0.2, -0.15) is 0 Å². The van der Waals surface area contributed by atoms with Crippen LogP contribution < -0.4 is 4.74 Å². The summed E-state index contributed by atoms with van der Waals surface area (Å²) in [6.07, 6.45) is 5.69. The molecule has 0 spiro atoms. The number of aliphatic hydroxyl groups excluding tert-OH is 1. The number of ether oxygens (including phenoxy) is 1. The molecule has 1 amide bonds. The third-order valence-corrected chi connectivity index (χ3v) is 6.58. The van der Waals surface area contributed by atoms with E-state index in [1.807, 2.05) is 0 Å². The van der Waals surface area contributed by atoms with Crippen molar-refractivity contribution in [2.75, 3.05) is 39.3 Å². The molecule has 2 aliphatic rings. The van der Waals surface area contributed by atoms with Crippen LogP contribution in [-0.2, 0) is 0 Å². The highest BCUT2D eigenvalue weighted by Crippen LogP contribution is 2.25. The highest BCUT2D eigenvalue weighted by molar-refractivity contribution is 5.94. The number of piperidine rings is 2. The third kappa shape index (κ3) is 6.95. The number of benzene rings is 1. The van der Waals surface area contributed by atoms with E-state index >= 15 is 0 Å². The van der Waals surface area contributed by atoms with Gasteiger partial charge < -0.3 is 19.6 Å². The Morgan fingerprint density at radius 2 is 1.94 bits per heavy atom. The van der Waals surface area contributed by atoms with E-state index in [2.05, 4.69) is 14.9 Å². The van der Waals surface area contributed by atoms with E-state index in [9.17, 15) is 18.7 Å². The molecule has 7 nitrogen and oxygen atoms in total. The maximum Gasteiger partial charge on any atom is 0.254 e. The van der Waals surface area contributed by atoms with Crippen molar-refractivity contribution in [3.63, 3.8) is 0 Å². The molecule has 0 aliphatic carbocycles. The van der Waals surface area contributed by atoms with E-state index < -0.39 is 17.6 Å². The van der Waals surface area contributed by atoms with Crippen LogP contribution in [0, 0.1) is 11.7 Å². The first-order valence-corrected chi connectivity index (χ1v) is 12.3. The number of β-amino-alcohol motifs (C(OH)–C–C–N with tert-alkyl or cyclic N) is 1. The monoisotopic (exact) mass is 488 g/mol. The predicted molar refractivity (Wildman–Crippen MR) is 128 cm³/mol. The highest BCUT2D eigenvalue weighted by Gasteiger charge is 2.26. The van der Waals surface area contributed by atoms with Crippen LogP contribution in [-0.4, -0.2) is 81.9 Å². The summed E-state index contributed by atoms with van der Waals surface area (Å²) in [6.45, 7) is 6.69. The van der Waals surface area contributed by atoms with Crippen LogP contribution in [0.1, 0.15) is 49.9 Å². The normalized spacial score (nSPS) is 20.1. The minimum atomic E-state index is -1.19. The fourth-order valence-electron chi connectivity index (χ4n) is 4.75. The molecule has 2 aliphatic heterocycles. The quantitative estimate of drug-likeness (QED) is 0.640. The number of amides is 1. The lowest BCUT2D eigenvalue weighted by atomic mass is 9.97. The number of alkyl halides is 1. The third-order valence-electron chi connectivity index (χ3n) is 6.58. The molecule has 1 aromatic carbocycles.